The summed E-state index contributed by atoms with van der Waals surface area (Å²) in [6.45, 7) is 0. The standard InChI is InChI=1S/C17H12BrNO2S2/c1-21-14-8-7-12(18)9-11(14)10-15-16(20)19(17(22)23-15)13-5-3-2-4-6-13/h2-10H,1H3. The highest BCUT2D eigenvalue weighted by molar-refractivity contribution is 9.10. The normalized spacial score (nSPS) is 16.3. The monoisotopic (exact) mass is 405 g/mol. The number of hydrogen-bond donors (Lipinski definition) is 0. The van der Waals surface area contributed by atoms with E-state index in [-0.39, 0.29) is 5.91 Å². The number of benzene rings is 2. The van der Waals surface area contributed by atoms with Crippen LogP contribution in [0.25, 0.3) is 6.08 Å². The lowest BCUT2D eigenvalue weighted by Gasteiger charge is -2.13. The fourth-order valence-electron chi connectivity index (χ4n) is 2.23. The van der Waals surface area contributed by atoms with Crippen molar-refractivity contribution in [3.8, 4) is 5.75 Å². The maximum absolute atomic E-state index is 12.7. The molecule has 0 saturated carbocycles. The van der Waals surface area contributed by atoms with Crippen molar-refractivity contribution in [3.05, 3.63) is 63.5 Å². The van der Waals surface area contributed by atoms with Crippen LogP contribution in [0.15, 0.2) is 57.9 Å². The van der Waals surface area contributed by atoms with E-state index in [4.69, 9.17) is 17.0 Å². The van der Waals surface area contributed by atoms with Crippen LogP contribution in [0.2, 0.25) is 0 Å². The Balaban J connectivity index is 1.98. The average Bonchev–Trinajstić information content (AvgIpc) is 2.82. The Labute approximate surface area is 152 Å². The van der Waals surface area contributed by atoms with Gasteiger partial charge < -0.3 is 4.74 Å². The first-order chi connectivity index (χ1) is 11.1. The van der Waals surface area contributed by atoms with Gasteiger partial charge in [0.2, 0.25) is 0 Å². The molecule has 6 heteroatoms. The number of rotatable bonds is 3. The summed E-state index contributed by atoms with van der Waals surface area (Å²) < 4.78 is 6.80. The van der Waals surface area contributed by atoms with Gasteiger partial charge in [0.05, 0.1) is 17.7 Å². The van der Waals surface area contributed by atoms with Crippen LogP contribution in [-0.2, 0) is 4.79 Å². The van der Waals surface area contributed by atoms with E-state index in [2.05, 4.69) is 15.9 Å². The number of thiocarbonyl (C=S) groups is 1. The molecule has 0 unspecified atom stereocenters. The van der Waals surface area contributed by atoms with Crippen molar-refractivity contribution >= 4 is 61.9 Å². The molecule has 3 nitrogen and oxygen atoms in total. The molecular formula is C17H12BrNO2S2. The number of para-hydroxylation sites is 1. The summed E-state index contributed by atoms with van der Waals surface area (Å²) in [7, 11) is 1.61. The number of carbonyl (C=O) groups excluding carboxylic acids is 1. The van der Waals surface area contributed by atoms with Crippen LogP contribution in [0.3, 0.4) is 0 Å². The molecule has 116 valence electrons. The Bertz CT molecular complexity index is 805. The van der Waals surface area contributed by atoms with Gasteiger partial charge in [0.15, 0.2) is 4.32 Å². The highest BCUT2D eigenvalue weighted by Crippen LogP contribution is 2.37. The van der Waals surface area contributed by atoms with Gasteiger partial charge in [0, 0.05) is 10.0 Å². The molecular weight excluding hydrogens is 394 g/mol. The SMILES string of the molecule is COc1ccc(Br)cc1C=C1SC(=S)N(c2ccccc2)C1=O. The van der Waals surface area contributed by atoms with E-state index in [9.17, 15) is 4.79 Å². The van der Waals surface area contributed by atoms with Gasteiger partial charge in [-0.15, -0.1) is 0 Å². The van der Waals surface area contributed by atoms with Crippen LogP contribution in [0, 0.1) is 0 Å². The highest BCUT2D eigenvalue weighted by Gasteiger charge is 2.33. The molecule has 1 saturated heterocycles. The zero-order valence-corrected chi connectivity index (χ0v) is 15.4. The lowest BCUT2D eigenvalue weighted by Crippen LogP contribution is -2.27. The number of thioether (sulfide) groups is 1. The van der Waals surface area contributed by atoms with E-state index in [1.807, 2.05) is 54.6 Å². The number of anilines is 1. The molecule has 0 spiro atoms. The van der Waals surface area contributed by atoms with Crippen LogP contribution in [0.1, 0.15) is 5.56 Å². The lowest BCUT2D eigenvalue weighted by atomic mass is 10.2. The molecule has 1 aliphatic rings. The van der Waals surface area contributed by atoms with Crippen LogP contribution in [0.4, 0.5) is 5.69 Å². The Kier molecular flexibility index (Phi) is 4.84. The molecule has 1 fully saturated rings. The van der Waals surface area contributed by atoms with Gasteiger partial charge in [-0.1, -0.05) is 58.1 Å². The van der Waals surface area contributed by atoms with Crippen LogP contribution >= 0.6 is 39.9 Å². The number of nitrogens with zero attached hydrogens (tertiary/aromatic N) is 1. The summed E-state index contributed by atoms with van der Waals surface area (Å²) in [5, 5.41) is 0. The molecule has 1 amide bonds. The Morgan fingerprint density at radius 2 is 1.96 bits per heavy atom. The Hall–Kier alpha value is -1.63. The first-order valence-electron chi connectivity index (χ1n) is 6.76. The minimum atomic E-state index is -0.117. The third-order valence-corrected chi connectivity index (χ3v) is 5.08. The van der Waals surface area contributed by atoms with Crippen molar-refractivity contribution in [1.82, 2.24) is 0 Å². The number of carbonyl (C=O) groups is 1. The van der Waals surface area contributed by atoms with Gasteiger partial charge in [-0.25, -0.2) is 0 Å². The van der Waals surface area contributed by atoms with Crippen LogP contribution in [-0.4, -0.2) is 17.3 Å². The van der Waals surface area contributed by atoms with Crippen molar-refractivity contribution in [1.29, 1.82) is 0 Å². The first kappa shape index (κ1) is 16.2. The zero-order chi connectivity index (χ0) is 16.4. The molecule has 2 aromatic rings. The summed E-state index contributed by atoms with van der Waals surface area (Å²) in [5.74, 6) is 0.589. The molecule has 0 atom stereocenters. The molecule has 3 rings (SSSR count). The summed E-state index contributed by atoms with van der Waals surface area (Å²) >= 11 is 10.1. The van der Waals surface area contributed by atoms with Gasteiger partial charge in [0.25, 0.3) is 5.91 Å². The predicted octanol–water partition coefficient (Wildman–Crippen LogP) is 4.86. The predicted molar refractivity (Wildman–Crippen MR) is 103 cm³/mol. The third-order valence-electron chi connectivity index (χ3n) is 3.29. The fourth-order valence-corrected chi connectivity index (χ4v) is 3.90. The van der Waals surface area contributed by atoms with Gasteiger partial charge in [0.1, 0.15) is 5.75 Å². The summed E-state index contributed by atoms with van der Waals surface area (Å²) in [4.78, 5) is 14.8. The van der Waals surface area contributed by atoms with Crippen LogP contribution < -0.4 is 9.64 Å². The van der Waals surface area contributed by atoms with Crippen molar-refractivity contribution in [2.45, 2.75) is 0 Å². The van der Waals surface area contributed by atoms with Crippen molar-refractivity contribution < 1.29 is 9.53 Å². The summed E-state index contributed by atoms with van der Waals surface area (Å²) in [6, 6.07) is 15.1. The van der Waals surface area contributed by atoms with E-state index >= 15 is 0 Å². The first-order valence-corrected chi connectivity index (χ1v) is 8.78. The van der Waals surface area contributed by atoms with E-state index in [1.54, 1.807) is 12.0 Å². The number of hydrogen-bond acceptors (Lipinski definition) is 4. The average molecular weight is 406 g/mol. The Morgan fingerprint density at radius 3 is 2.65 bits per heavy atom. The molecule has 23 heavy (non-hydrogen) atoms. The molecule has 0 N–H and O–H groups in total. The van der Waals surface area contributed by atoms with E-state index in [0.29, 0.717) is 15.0 Å². The second-order valence-corrected chi connectivity index (χ2v) is 7.33. The fraction of sp³-hybridized carbons (Fsp3) is 0.0588. The number of amides is 1. The van der Waals surface area contributed by atoms with Crippen LogP contribution in [0.5, 0.6) is 5.75 Å². The number of halogens is 1. The molecule has 2 aromatic carbocycles. The largest absolute Gasteiger partial charge is 0.496 e. The highest BCUT2D eigenvalue weighted by atomic mass is 79.9. The molecule has 1 aliphatic heterocycles. The smallest absolute Gasteiger partial charge is 0.270 e. The third kappa shape index (κ3) is 3.34. The Morgan fingerprint density at radius 1 is 1.22 bits per heavy atom. The molecule has 0 aliphatic carbocycles. The van der Waals surface area contributed by atoms with Gasteiger partial charge >= 0.3 is 0 Å². The van der Waals surface area contributed by atoms with Gasteiger partial charge in [-0.2, -0.15) is 0 Å². The summed E-state index contributed by atoms with van der Waals surface area (Å²) in [6.07, 6.45) is 1.81. The maximum atomic E-state index is 12.7. The zero-order valence-electron chi connectivity index (χ0n) is 12.2. The minimum Gasteiger partial charge on any atom is -0.496 e. The van der Waals surface area contributed by atoms with Crippen molar-refractivity contribution in [2.24, 2.45) is 0 Å². The number of ether oxygens (including phenoxy) is 1. The van der Waals surface area contributed by atoms with E-state index < -0.39 is 0 Å². The van der Waals surface area contributed by atoms with Gasteiger partial charge in [-0.05, 0) is 36.4 Å². The quantitative estimate of drug-likeness (QED) is 0.538. The van der Waals surface area contributed by atoms with Crippen molar-refractivity contribution in [3.63, 3.8) is 0 Å². The lowest BCUT2D eigenvalue weighted by molar-refractivity contribution is -0.113. The summed E-state index contributed by atoms with van der Waals surface area (Å²) in [5.41, 5.74) is 1.61. The molecule has 0 aromatic heterocycles. The van der Waals surface area contributed by atoms with Gasteiger partial charge in [-0.3, -0.25) is 9.69 Å². The minimum absolute atomic E-state index is 0.117. The number of methoxy groups -OCH3 is 1. The molecule has 0 radical (unpaired) electrons. The maximum Gasteiger partial charge on any atom is 0.270 e. The second kappa shape index (κ2) is 6.86. The topological polar surface area (TPSA) is 29.5 Å². The molecule has 0 bridgehead atoms. The van der Waals surface area contributed by atoms with E-state index in [0.717, 1.165) is 15.7 Å². The van der Waals surface area contributed by atoms with Crippen molar-refractivity contribution in [2.75, 3.05) is 12.0 Å². The van der Waals surface area contributed by atoms with E-state index in [1.165, 1.54) is 11.8 Å². The second-order valence-electron chi connectivity index (χ2n) is 4.74. The molecule has 1 heterocycles.